The van der Waals surface area contributed by atoms with Gasteiger partial charge in [-0.15, -0.1) is 0 Å². The average molecular weight is 205 g/mol. The number of hydrogen-bond donors (Lipinski definition) is 1. The molecule has 1 aromatic rings. The van der Waals surface area contributed by atoms with Crippen LogP contribution in [0.4, 0.5) is 0 Å². The van der Waals surface area contributed by atoms with Gasteiger partial charge >= 0.3 is 0 Å². The van der Waals surface area contributed by atoms with E-state index in [4.69, 9.17) is 9.94 Å². The van der Waals surface area contributed by atoms with Crippen LogP contribution in [-0.4, -0.2) is 17.0 Å². The van der Waals surface area contributed by atoms with E-state index < -0.39 is 0 Å². The van der Waals surface area contributed by atoms with Crippen LogP contribution in [-0.2, 0) is 6.42 Å². The summed E-state index contributed by atoms with van der Waals surface area (Å²) in [4.78, 5) is 0. The summed E-state index contributed by atoms with van der Waals surface area (Å²) < 4.78 is 5.85. The van der Waals surface area contributed by atoms with E-state index in [-0.39, 0.29) is 5.60 Å². The van der Waals surface area contributed by atoms with E-state index in [1.807, 2.05) is 18.2 Å². The van der Waals surface area contributed by atoms with Crippen LogP contribution >= 0.6 is 0 Å². The fourth-order valence-electron chi connectivity index (χ4n) is 1.83. The standard InChI is InChI=1S/C12H15NO2/c1-12(2)6-5-10-7-9(8-13-14)3-4-11(10)15-12/h3-4,7-8,14H,5-6H2,1-2H3/b13-8-. The van der Waals surface area contributed by atoms with Gasteiger partial charge in [-0.05, 0) is 56.0 Å². The first-order valence-corrected chi connectivity index (χ1v) is 5.10. The molecule has 0 aliphatic carbocycles. The van der Waals surface area contributed by atoms with Crippen LogP contribution in [0.2, 0.25) is 0 Å². The van der Waals surface area contributed by atoms with Crippen molar-refractivity contribution in [2.75, 3.05) is 0 Å². The van der Waals surface area contributed by atoms with Crippen LogP contribution in [0.1, 0.15) is 31.4 Å². The van der Waals surface area contributed by atoms with Crippen molar-refractivity contribution in [1.82, 2.24) is 0 Å². The summed E-state index contributed by atoms with van der Waals surface area (Å²) in [6.07, 6.45) is 3.45. The highest BCUT2D eigenvalue weighted by Crippen LogP contribution is 2.33. The van der Waals surface area contributed by atoms with Crippen molar-refractivity contribution in [2.45, 2.75) is 32.3 Å². The monoisotopic (exact) mass is 205 g/mol. The highest BCUT2D eigenvalue weighted by molar-refractivity contribution is 5.79. The average Bonchev–Trinajstić information content (AvgIpc) is 2.18. The van der Waals surface area contributed by atoms with Crippen molar-refractivity contribution in [3.63, 3.8) is 0 Å². The van der Waals surface area contributed by atoms with Gasteiger partial charge in [0.05, 0.1) is 6.21 Å². The number of ether oxygens (including phenoxy) is 1. The molecule has 3 heteroatoms. The predicted octanol–water partition coefficient (Wildman–Crippen LogP) is 2.60. The maximum Gasteiger partial charge on any atom is 0.123 e. The van der Waals surface area contributed by atoms with E-state index in [1.54, 1.807) is 0 Å². The zero-order valence-electron chi connectivity index (χ0n) is 9.03. The first-order chi connectivity index (χ1) is 7.11. The number of rotatable bonds is 1. The Hall–Kier alpha value is -1.51. The molecule has 0 atom stereocenters. The van der Waals surface area contributed by atoms with Gasteiger partial charge in [0.1, 0.15) is 11.4 Å². The first-order valence-electron chi connectivity index (χ1n) is 5.10. The van der Waals surface area contributed by atoms with Gasteiger partial charge in [-0.2, -0.15) is 0 Å². The Labute approximate surface area is 89.4 Å². The van der Waals surface area contributed by atoms with E-state index in [1.165, 1.54) is 11.8 Å². The number of nitrogens with zero attached hydrogens (tertiary/aromatic N) is 1. The molecule has 1 N–H and O–H groups in total. The Morgan fingerprint density at radius 2 is 2.27 bits per heavy atom. The fraction of sp³-hybridized carbons (Fsp3) is 0.417. The molecule has 3 nitrogen and oxygen atoms in total. The molecule has 0 bridgehead atoms. The third-order valence-electron chi connectivity index (χ3n) is 2.67. The van der Waals surface area contributed by atoms with Crippen LogP contribution in [0.25, 0.3) is 0 Å². The highest BCUT2D eigenvalue weighted by Gasteiger charge is 2.26. The first kappa shape index (κ1) is 10.0. The largest absolute Gasteiger partial charge is 0.488 e. The minimum absolute atomic E-state index is 0.0699. The van der Waals surface area contributed by atoms with Gasteiger partial charge in [0, 0.05) is 0 Å². The number of benzene rings is 1. The third-order valence-corrected chi connectivity index (χ3v) is 2.67. The Balaban J connectivity index is 2.32. The van der Waals surface area contributed by atoms with Crippen molar-refractivity contribution in [3.05, 3.63) is 29.3 Å². The molecule has 0 radical (unpaired) electrons. The van der Waals surface area contributed by atoms with E-state index in [2.05, 4.69) is 19.0 Å². The van der Waals surface area contributed by atoms with E-state index >= 15 is 0 Å². The van der Waals surface area contributed by atoms with Gasteiger partial charge in [-0.25, -0.2) is 0 Å². The molecule has 0 aromatic heterocycles. The molecule has 0 unspecified atom stereocenters. The highest BCUT2D eigenvalue weighted by atomic mass is 16.5. The van der Waals surface area contributed by atoms with Crippen LogP contribution in [0, 0.1) is 0 Å². The Bertz CT molecular complexity index is 397. The predicted molar refractivity (Wildman–Crippen MR) is 58.9 cm³/mol. The summed E-state index contributed by atoms with van der Waals surface area (Å²) in [6.45, 7) is 4.19. The van der Waals surface area contributed by atoms with Crippen molar-refractivity contribution in [1.29, 1.82) is 0 Å². The van der Waals surface area contributed by atoms with E-state index in [0.29, 0.717) is 0 Å². The summed E-state index contributed by atoms with van der Waals surface area (Å²) in [6, 6.07) is 5.83. The minimum atomic E-state index is -0.0699. The molecular formula is C12H15NO2. The fourth-order valence-corrected chi connectivity index (χ4v) is 1.83. The lowest BCUT2D eigenvalue weighted by Gasteiger charge is -2.32. The topological polar surface area (TPSA) is 41.8 Å². The summed E-state index contributed by atoms with van der Waals surface area (Å²) in [7, 11) is 0. The molecule has 1 heterocycles. The van der Waals surface area contributed by atoms with Gasteiger partial charge in [0.25, 0.3) is 0 Å². The van der Waals surface area contributed by atoms with Gasteiger partial charge in [0.15, 0.2) is 0 Å². The number of aryl methyl sites for hydroxylation is 1. The Morgan fingerprint density at radius 3 is 3.00 bits per heavy atom. The molecule has 0 spiro atoms. The molecule has 0 amide bonds. The minimum Gasteiger partial charge on any atom is -0.488 e. The maximum absolute atomic E-state index is 8.45. The summed E-state index contributed by atoms with van der Waals surface area (Å²) in [5.74, 6) is 0.946. The van der Waals surface area contributed by atoms with Gasteiger partial charge in [-0.1, -0.05) is 5.16 Å². The van der Waals surface area contributed by atoms with Crippen LogP contribution in [0.15, 0.2) is 23.4 Å². The lowest BCUT2D eigenvalue weighted by Crippen LogP contribution is -2.32. The number of hydrogen-bond acceptors (Lipinski definition) is 3. The molecule has 1 aliphatic rings. The second-order valence-electron chi connectivity index (χ2n) is 4.47. The van der Waals surface area contributed by atoms with Crippen molar-refractivity contribution in [2.24, 2.45) is 5.16 Å². The second-order valence-corrected chi connectivity index (χ2v) is 4.47. The molecule has 15 heavy (non-hydrogen) atoms. The van der Waals surface area contributed by atoms with Crippen LogP contribution in [0.3, 0.4) is 0 Å². The molecule has 2 rings (SSSR count). The molecule has 1 aromatic carbocycles. The number of fused-ring (bicyclic) bond motifs is 1. The Morgan fingerprint density at radius 1 is 1.47 bits per heavy atom. The van der Waals surface area contributed by atoms with Gasteiger partial charge in [0.2, 0.25) is 0 Å². The molecule has 0 fully saturated rings. The SMILES string of the molecule is CC1(C)CCc2cc(/C=N\O)ccc2O1. The molecule has 1 aliphatic heterocycles. The Kier molecular flexibility index (Phi) is 2.39. The molecule has 80 valence electrons. The molecular weight excluding hydrogens is 190 g/mol. The summed E-state index contributed by atoms with van der Waals surface area (Å²) in [5.41, 5.74) is 2.02. The van der Waals surface area contributed by atoms with Gasteiger partial charge < -0.3 is 9.94 Å². The van der Waals surface area contributed by atoms with Crippen LogP contribution in [0.5, 0.6) is 5.75 Å². The van der Waals surface area contributed by atoms with Crippen LogP contribution < -0.4 is 4.74 Å². The molecule has 0 saturated heterocycles. The lowest BCUT2D eigenvalue weighted by molar-refractivity contribution is 0.0847. The van der Waals surface area contributed by atoms with Crippen molar-refractivity contribution < 1.29 is 9.94 Å². The van der Waals surface area contributed by atoms with Crippen molar-refractivity contribution in [3.8, 4) is 5.75 Å². The lowest BCUT2D eigenvalue weighted by atomic mass is 9.93. The maximum atomic E-state index is 8.45. The normalized spacial score (nSPS) is 18.5. The molecule has 0 saturated carbocycles. The van der Waals surface area contributed by atoms with E-state index in [9.17, 15) is 0 Å². The zero-order valence-corrected chi connectivity index (χ0v) is 9.03. The zero-order chi connectivity index (χ0) is 10.9. The second kappa shape index (κ2) is 3.57. The third kappa shape index (κ3) is 2.12. The van der Waals surface area contributed by atoms with Gasteiger partial charge in [-0.3, -0.25) is 0 Å². The number of oxime groups is 1. The smallest absolute Gasteiger partial charge is 0.123 e. The van der Waals surface area contributed by atoms with Crippen molar-refractivity contribution >= 4 is 6.21 Å². The summed E-state index contributed by atoms with van der Waals surface area (Å²) >= 11 is 0. The van der Waals surface area contributed by atoms with E-state index in [0.717, 1.165) is 24.2 Å². The quantitative estimate of drug-likeness (QED) is 0.435. The summed E-state index contributed by atoms with van der Waals surface area (Å²) in [5, 5.41) is 11.5.